The third-order valence-corrected chi connectivity index (χ3v) is 7.36. The van der Waals surface area contributed by atoms with Crippen molar-refractivity contribution in [2.24, 2.45) is 11.8 Å². The molecule has 4 heterocycles. The molecule has 156 valence electrons. The van der Waals surface area contributed by atoms with Gasteiger partial charge < -0.3 is 9.64 Å². The van der Waals surface area contributed by atoms with Gasteiger partial charge in [-0.3, -0.25) is 9.69 Å². The molecule has 0 spiro atoms. The highest BCUT2D eigenvalue weighted by atomic mass is 16.5. The number of hydrogen-bond donors (Lipinski definition) is 0. The number of fused-ring (bicyclic) bond motifs is 1. The first-order chi connectivity index (χ1) is 14.5. The second-order valence-corrected chi connectivity index (χ2v) is 9.14. The van der Waals surface area contributed by atoms with Gasteiger partial charge in [0.2, 0.25) is 0 Å². The SMILES string of the molecule is COC(=O)[C@H]1[C@@H]2C[C@@H]3CC[C@H]1N3C/C2=C\c1ccc(-c2ccc(N(C)C)cc2)cc1. The summed E-state index contributed by atoms with van der Waals surface area (Å²) < 4.78 is 5.18. The van der Waals surface area contributed by atoms with Crippen LogP contribution in [0.15, 0.2) is 54.1 Å². The van der Waals surface area contributed by atoms with Crippen LogP contribution in [0.1, 0.15) is 24.8 Å². The quantitative estimate of drug-likeness (QED) is 0.707. The molecule has 0 radical (unpaired) electrons. The Labute approximate surface area is 179 Å². The first-order valence-corrected chi connectivity index (χ1v) is 11.0. The molecular weight excluding hydrogens is 372 g/mol. The number of rotatable bonds is 4. The normalized spacial score (nSPS) is 30.5. The van der Waals surface area contributed by atoms with Crippen LogP contribution in [0.5, 0.6) is 0 Å². The van der Waals surface area contributed by atoms with Crippen molar-refractivity contribution in [2.75, 3.05) is 32.6 Å². The van der Waals surface area contributed by atoms with Gasteiger partial charge in [-0.1, -0.05) is 48.0 Å². The lowest BCUT2D eigenvalue weighted by molar-refractivity contribution is -0.153. The molecule has 2 aromatic rings. The summed E-state index contributed by atoms with van der Waals surface area (Å²) in [6.45, 7) is 1.00. The highest BCUT2D eigenvalue weighted by Crippen LogP contribution is 2.50. The summed E-state index contributed by atoms with van der Waals surface area (Å²) in [6, 6.07) is 18.5. The predicted octanol–water partition coefficient (Wildman–Crippen LogP) is 4.46. The van der Waals surface area contributed by atoms with Crippen molar-refractivity contribution < 1.29 is 9.53 Å². The van der Waals surface area contributed by atoms with Gasteiger partial charge in [-0.15, -0.1) is 0 Å². The van der Waals surface area contributed by atoms with E-state index in [9.17, 15) is 4.79 Å². The van der Waals surface area contributed by atoms with Crippen LogP contribution >= 0.6 is 0 Å². The molecule has 4 fully saturated rings. The molecule has 4 bridgehead atoms. The summed E-state index contributed by atoms with van der Waals surface area (Å²) in [6.07, 6.45) is 5.77. The number of nitrogens with zero attached hydrogens (tertiary/aromatic N) is 2. The van der Waals surface area contributed by atoms with E-state index in [1.54, 1.807) is 0 Å². The van der Waals surface area contributed by atoms with Gasteiger partial charge in [0.15, 0.2) is 0 Å². The monoisotopic (exact) mass is 402 g/mol. The Morgan fingerprint density at radius 3 is 2.33 bits per heavy atom. The Morgan fingerprint density at radius 2 is 1.70 bits per heavy atom. The minimum absolute atomic E-state index is 0.00300. The molecule has 0 aliphatic carbocycles. The maximum atomic E-state index is 12.5. The largest absolute Gasteiger partial charge is 0.469 e. The van der Waals surface area contributed by atoms with Crippen LogP contribution in [0.4, 0.5) is 5.69 Å². The molecule has 5 atom stereocenters. The number of hydrogen-bond acceptors (Lipinski definition) is 4. The Balaban J connectivity index is 1.38. The van der Waals surface area contributed by atoms with Crippen molar-refractivity contribution in [3.05, 3.63) is 59.7 Å². The van der Waals surface area contributed by atoms with Crippen molar-refractivity contribution in [1.29, 1.82) is 0 Å². The second kappa shape index (κ2) is 7.59. The molecule has 6 rings (SSSR count). The molecule has 4 heteroatoms. The van der Waals surface area contributed by atoms with E-state index in [2.05, 4.69) is 78.5 Å². The highest BCUT2D eigenvalue weighted by molar-refractivity contribution is 5.76. The molecule has 4 saturated heterocycles. The summed E-state index contributed by atoms with van der Waals surface area (Å²) in [7, 11) is 5.64. The van der Waals surface area contributed by atoms with Crippen molar-refractivity contribution >= 4 is 17.7 Å². The first-order valence-electron chi connectivity index (χ1n) is 11.0. The average Bonchev–Trinajstić information content (AvgIpc) is 3.08. The molecule has 2 aromatic carbocycles. The summed E-state index contributed by atoms with van der Waals surface area (Å²) >= 11 is 0. The fraction of sp³-hybridized carbons (Fsp3) is 0.423. The lowest BCUT2D eigenvalue weighted by Crippen LogP contribution is -2.58. The third kappa shape index (κ3) is 3.24. The highest BCUT2D eigenvalue weighted by Gasteiger charge is 2.55. The predicted molar refractivity (Wildman–Crippen MR) is 121 cm³/mol. The second-order valence-electron chi connectivity index (χ2n) is 9.14. The van der Waals surface area contributed by atoms with Crippen LogP contribution in [0, 0.1) is 11.8 Å². The number of ether oxygens (including phenoxy) is 1. The van der Waals surface area contributed by atoms with Crippen molar-refractivity contribution in [2.45, 2.75) is 31.3 Å². The topological polar surface area (TPSA) is 32.8 Å². The number of methoxy groups -OCH3 is 1. The van der Waals surface area contributed by atoms with Gasteiger partial charge in [0.1, 0.15) is 0 Å². The molecule has 1 unspecified atom stereocenters. The lowest BCUT2D eigenvalue weighted by Gasteiger charge is -2.50. The van der Waals surface area contributed by atoms with E-state index in [-0.39, 0.29) is 11.9 Å². The Morgan fingerprint density at radius 1 is 1.03 bits per heavy atom. The van der Waals surface area contributed by atoms with E-state index in [0.29, 0.717) is 18.0 Å². The Kier molecular flexibility index (Phi) is 4.90. The molecule has 4 aliphatic heterocycles. The molecule has 30 heavy (non-hydrogen) atoms. The van der Waals surface area contributed by atoms with E-state index in [1.807, 2.05) is 0 Å². The minimum Gasteiger partial charge on any atom is -0.469 e. The molecular formula is C26H30N2O2. The third-order valence-electron chi connectivity index (χ3n) is 7.36. The molecule has 0 aromatic heterocycles. The number of carbonyl (C=O) groups is 1. The van der Waals surface area contributed by atoms with Gasteiger partial charge in [-0.2, -0.15) is 0 Å². The molecule has 0 saturated carbocycles. The summed E-state index contributed by atoms with van der Waals surface area (Å²) in [5.74, 6) is 0.305. The van der Waals surface area contributed by atoms with E-state index in [1.165, 1.54) is 41.5 Å². The smallest absolute Gasteiger partial charge is 0.310 e. The standard InChI is InChI=1S/C26H30N2O2/c1-27(2)21-10-8-19(9-11-21)18-6-4-17(5-7-18)14-20-16-28-22-12-13-24(28)25(23(20)15-22)26(29)30-3/h4-11,14,22-25H,12-13,15-16H2,1-3H3/b20-14+/t22-,23+,24+,25-/m0/s1. The van der Waals surface area contributed by atoms with Gasteiger partial charge in [0, 0.05) is 38.4 Å². The number of carbonyl (C=O) groups excluding carboxylic acids is 1. The van der Waals surface area contributed by atoms with Gasteiger partial charge in [-0.25, -0.2) is 0 Å². The van der Waals surface area contributed by atoms with Gasteiger partial charge in [-0.05, 0) is 54.0 Å². The van der Waals surface area contributed by atoms with E-state index in [4.69, 9.17) is 4.74 Å². The zero-order valence-corrected chi connectivity index (χ0v) is 18.0. The summed E-state index contributed by atoms with van der Waals surface area (Å²) in [5, 5.41) is 0. The zero-order valence-electron chi connectivity index (χ0n) is 18.0. The van der Waals surface area contributed by atoms with Gasteiger partial charge in [0.05, 0.1) is 13.0 Å². The number of piperidine rings is 3. The van der Waals surface area contributed by atoms with Crippen LogP contribution in [-0.4, -0.2) is 50.7 Å². The minimum atomic E-state index is -0.0301. The van der Waals surface area contributed by atoms with Crippen LogP contribution in [-0.2, 0) is 9.53 Å². The number of esters is 1. The van der Waals surface area contributed by atoms with Crippen molar-refractivity contribution in [3.8, 4) is 11.1 Å². The van der Waals surface area contributed by atoms with Gasteiger partial charge >= 0.3 is 5.97 Å². The number of anilines is 1. The summed E-state index contributed by atoms with van der Waals surface area (Å²) in [4.78, 5) is 17.2. The maximum absolute atomic E-state index is 12.5. The van der Waals surface area contributed by atoms with E-state index < -0.39 is 0 Å². The Bertz CT molecular complexity index is 962. The molecule has 4 nitrogen and oxygen atoms in total. The fourth-order valence-corrected chi connectivity index (χ4v) is 5.82. The van der Waals surface area contributed by atoms with Crippen molar-refractivity contribution in [1.82, 2.24) is 4.90 Å². The molecule has 4 aliphatic rings. The number of benzene rings is 2. The van der Waals surface area contributed by atoms with E-state index in [0.717, 1.165) is 19.4 Å². The van der Waals surface area contributed by atoms with Crippen LogP contribution in [0.3, 0.4) is 0 Å². The van der Waals surface area contributed by atoms with Crippen LogP contribution in [0.25, 0.3) is 17.2 Å². The molecule has 0 N–H and O–H groups in total. The average molecular weight is 403 g/mol. The lowest BCUT2D eigenvalue weighted by atomic mass is 9.71. The van der Waals surface area contributed by atoms with Crippen molar-refractivity contribution in [3.63, 3.8) is 0 Å². The van der Waals surface area contributed by atoms with Crippen LogP contribution in [0.2, 0.25) is 0 Å². The Hall–Kier alpha value is -2.59. The summed E-state index contributed by atoms with van der Waals surface area (Å²) in [5.41, 5.74) is 6.26. The maximum Gasteiger partial charge on any atom is 0.310 e. The fourth-order valence-electron chi connectivity index (χ4n) is 5.82. The van der Waals surface area contributed by atoms with Gasteiger partial charge in [0.25, 0.3) is 0 Å². The zero-order chi connectivity index (χ0) is 20.8. The molecule has 0 amide bonds. The first kappa shape index (κ1) is 19.4. The van der Waals surface area contributed by atoms with Crippen LogP contribution < -0.4 is 4.90 Å². The van der Waals surface area contributed by atoms with E-state index >= 15 is 0 Å².